The Morgan fingerprint density at radius 3 is 1.79 bits per heavy atom. The van der Waals surface area contributed by atoms with Crippen molar-refractivity contribution in [1.29, 1.82) is 0 Å². The van der Waals surface area contributed by atoms with Crippen LogP contribution in [0.2, 0.25) is 0 Å². The van der Waals surface area contributed by atoms with Gasteiger partial charge >= 0.3 is 0 Å². The van der Waals surface area contributed by atoms with Crippen LogP contribution in [0.3, 0.4) is 0 Å². The quantitative estimate of drug-likeness (QED) is 0.596. The molecule has 2 nitrogen and oxygen atoms in total. The first-order valence-electron chi connectivity index (χ1n) is 5.70. The third-order valence-corrected chi connectivity index (χ3v) is 3.93. The van der Waals surface area contributed by atoms with Crippen LogP contribution in [0.5, 0.6) is 0 Å². The van der Waals surface area contributed by atoms with Crippen molar-refractivity contribution in [3.05, 3.63) is 0 Å². The summed E-state index contributed by atoms with van der Waals surface area (Å²) < 4.78 is 11.6. The van der Waals surface area contributed by atoms with Crippen LogP contribution in [0, 0.1) is 17.3 Å². The number of ether oxygens (including phenoxy) is 2. The van der Waals surface area contributed by atoms with E-state index in [9.17, 15) is 0 Å². The molecule has 1 saturated carbocycles. The Morgan fingerprint density at radius 2 is 1.36 bits per heavy atom. The summed E-state index contributed by atoms with van der Waals surface area (Å²) in [6, 6.07) is 0. The standard InChI is InChI=1S/C12H22O2/c1-9-5-12(6-10(9)2)7-13-11(3,4)14-8-12/h9-10H,5-8H2,1-4H3/t9-,10-/m1/s1. The Hall–Kier alpha value is -0.0800. The molecule has 14 heavy (non-hydrogen) atoms. The molecule has 2 heteroatoms. The third-order valence-electron chi connectivity index (χ3n) is 3.93. The summed E-state index contributed by atoms with van der Waals surface area (Å²) >= 11 is 0. The minimum absolute atomic E-state index is 0.328. The highest BCUT2D eigenvalue weighted by Crippen LogP contribution is 2.48. The summed E-state index contributed by atoms with van der Waals surface area (Å²) in [7, 11) is 0. The Morgan fingerprint density at radius 1 is 0.929 bits per heavy atom. The van der Waals surface area contributed by atoms with E-state index in [1.807, 2.05) is 13.8 Å². The highest BCUT2D eigenvalue weighted by Gasteiger charge is 2.46. The first kappa shape index (κ1) is 10.4. The fourth-order valence-corrected chi connectivity index (χ4v) is 2.82. The topological polar surface area (TPSA) is 18.5 Å². The van der Waals surface area contributed by atoms with Gasteiger partial charge in [0.25, 0.3) is 0 Å². The van der Waals surface area contributed by atoms with Crippen molar-refractivity contribution in [3.63, 3.8) is 0 Å². The molecule has 0 amide bonds. The minimum atomic E-state index is -0.361. The lowest BCUT2D eigenvalue weighted by molar-refractivity contribution is -0.285. The maximum Gasteiger partial charge on any atom is 0.162 e. The Kier molecular flexibility index (Phi) is 2.39. The normalized spacial score (nSPS) is 40.3. The van der Waals surface area contributed by atoms with Crippen LogP contribution in [0.15, 0.2) is 0 Å². The summed E-state index contributed by atoms with van der Waals surface area (Å²) in [5.74, 6) is 1.28. The van der Waals surface area contributed by atoms with Gasteiger partial charge in [0.05, 0.1) is 13.2 Å². The van der Waals surface area contributed by atoms with Gasteiger partial charge < -0.3 is 9.47 Å². The highest BCUT2D eigenvalue weighted by molar-refractivity contribution is 4.93. The van der Waals surface area contributed by atoms with Gasteiger partial charge in [-0.05, 0) is 38.5 Å². The van der Waals surface area contributed by atoms with Crippen molar-refractivity contribution >= 4 is 0 Å². The van der Waals surface area contributed by atoms with Crippen LogP contribution < -0.4 is 0 Å². The fraction of sp³-hybridized carbons (Fsp3) is 1.00. The molecule has 1 aliphatic heterocycles. The van der Waals surface area contributed by atoms with E-state index in [0.29, 0.717) is 5.41 Å². The Bertz CT molecular complexity index is 200. The van der Waals surface area contributed by atoms with Crippen LogP contribution >= 0.6 is 0 Å². The Balaban J connectivity index is 2.01. The van der Waals surface area contributed by atoms with Crippen LogP contribution in [0.25, 0.3) is 0 Å². The van der Waals surface area contributed by atoms with Crippen molar-refractivity contribution in [2.75, 3.05) is 13.2 Å². The second kappa shape index (κ2) is 3.21. The SMILES string of the molecule is C[C@@H]1CC2(COC(C)(C)OC2)C[C@H]1C. The molecule has 1 saturated heterocycles. The number of rotatable bonds is 0. The zero-order valence-electron chi connectivity index (χ0n) is 9.80. The summed E-state index contributed by atoms with van der Waals surface area (Å²) in [5.41, 5.74) is 0.328. The van der Waals surface area contributed by atoms with E-state index in [-0.39, 0.29) is 5.79 Å². The molecule has 0 N–H and O–H groups in total. The van der Waals surface area contributed by atoms with Gasteiger partial charge in [-0.3, -0.25) is 0 Å². The monoisotopic (exact) mass is 198 g/mol. The van der Waals surface area contributed by atoms with Crippen LogP contribution in [-0.2, 0) is 9.47 Å². The van der Waals surface area contributed by atoms with E-state index in [4.69, 9.17) is 9.47 Å². The van der Waals surface area contributed by atoms with Crippen LogP contribution in [0.4, 0.5) is 0 Å². The maximum atomic E-state index is 5.78. The molecule has 0 unspecified atom stereocenters. The van der Waals surface area contributed by atoms with E-state index in [1.54, 1.807) is 0 Å². The zero-order valence-corrected chi connectivity index (χ0v) is 9.80. The van der Waals surface area contributed by atoms with Gasteiger partial charge in [0, 0.05) is 5.41 Å². The highest BCUT2D eigenvalue weighted by atomic mass is 16.7. The third kappa shape index (κ3) is 1.82. The first-order chi connectivity index (χ1) is 6.43. The fourth-order valence-electron chi connectivity index (χ4n) is 2.82. The average Bonchev–Trinajstić information content (AvgIpc) is 2.36. The molecular weight excluding hydrogens is 176 g/mol. The Labute approximate surface area is 87.0 Å². The van der Waals surface area contributed by atoms with Crippen molar-refractivity contribution in [3.8, 4) is 0 Å². The molecule has 0 aromatic carbocycles. The molecule has 0 aromatic heterocycles. The van der Waals surface area contributed by atoms with Gasteiger partial charge in [-0.15, -0.1) is 0 Å². The van der Waals surface area contributed by atoms with Crippen molar-refractivity contribution in [2.45, 2.75) is 46.3 Å². The van der Waals surface area contributed by atoms with Crippen LogP contribution in [0.1, 0.15) is 40.5 Å². The zero-order chi connectivity index (χ0) is 10.4. The summed E-state index contributed by atoms with van der Waals surface area (Å²) in [6.07, 6.45) is 2.54. The molecule has 0 bridgehead atoms. The lowest BCUT2D eigenvalue weighted by Gasteiger charge is -2.41. The molecule has 82 valence electrons. The van der Waals surface area contributed by atoms with Gasteiger partial charge in [0.15, 0.2) is 5.79 Å². The predicted octanol–water partition coefficient (Wildman–Crippen LogP) is 2.82. The predicted molar refractivity (Wildman–Crippen MR) is 56.0 cm³/mol. The van der Waals surface area contributed by atoms with Crippen molar-refractivity contribution in [1.82, 2.24) is 0 Å². The van der Waals surface area contributed by atoms with Gasteiger partial charge in [-0.1, -0.05) is 13.8 Å². The lowest BCUT2D eigenvalue weighted by atomic mass is 9.86. The number of hydrogen-bond donors (Lipinski definition) is 0. The van der Waals surface area contributed by atoms with Gasteiger partial charge in [0.1, 0.15) is 0 Å². The first-order valence-corrected chi connectivity index (χ1v) is 5.70. The maximum absolute atomic E-state index is 5.78. The number of hydrogen-bond acceptors (Lipinski definition) is 2. The molecular formula is C12H22O2. The lowest BCUT2D eigenvalue weighted by Crippen LogP contribution is -2.45. The van der Waals surface area contributed by atoms with Gasteiger partial charge in [0.2, 0.25) is 0 Å². The van der Waals surface area contributed by atoms with Crippen molar-refractivity contribution < 1.29 is 9.47 Å². The van der Waals surface area contributed by atoms with Gasteiger partial charge in [-0.2, -0.15) is 0 Å². The molecule has 0 aromatic rings. The van der Waals surface area contributed by atoms with E-state index in [1.165, 1.54) is 12.8 Å². The van der Waals surface area contributed by atoms with E-state index in [0.717, 1.165) is 25.0 Å². The summed E-state index contributed by atoms with van der Waals surface area (Å²) in [6.45, 7) is 10.5. The molecule has 0 radical (unpaired) electrons. The second-order valence-electron chi connectivity index (χ2n) is 5.84. The van der Waals surface area contributed by atoms with Crippen molar-refractivity contribution in [2.24, 2.45) is 17.3 Å². The van der Waals surface area contributed by atoms with Gasteiger partial charge in [-0.25, -0.2) is 0 Å². The largest absolute Gasteiger partial charge is 0.350 e. The molecule has 2 fully saturated rings. The summed E-state index contributed by atoms with van der Waals surface area (Å²) in [4.78, 5) is 0. The van der Waals surface area contributed by atoms with E-state index in [2.05, 4.69) is 13.8 Å². The second-order valence-corrected chi connectivity index (χ2v) is 5.84. The minimum Gasteiger partial charge on any atom is -0.350 e. The molecule has 2 atom stereocenters. The average molecular weight is 198 g/mol. The summed E-state index contributed by atoms with van der Waals surface area (Å²) in [5, 5.41) is 0. The molecule has 1 aliphatic carbocycles. The van der Waals surface area contributed by atoms with Crippen LogP contribution in [-0.4, -0.2) is 19.0 Å². The molecule has 2 rings (SSSR count). The van der Waals surface area contributed by atoms with E-state index < -0.39 is 0 Å². The smallest absolute Gasteiger partial charge is 0.162 e. The molecule has 1 spiro atoms. The van der Waals surface area contributed by atoms with E-state index >= 15 is 0 Å². The molecule has 2 aliphatic rings. The molecule has 1 heterocycles.